The van der Waals surface area contributed by atoms with Crippen molar-refractivity contribution < 1.29 is 15.3 Å². The Hall–Kier alpha value is -4.91. The lowest BCUT2D eigenvalue weighted by Gasteiger charge is -2.27. The average Bonchev–Trinajstić information content (AvgIpc) is 2.85. The second-order valence-corrected chi connectivity index (χ2v) is 7.15. The number of aromatic hydroxyl groups is 3. The molecule has 0 amide bonds. The number of phenols is 3. The summed E-state index contributed by atoms with van der Waals surface area (Å²) in [6.07, 6.45) is 7.76. The molecule has 3 aromatic rings. The Morgan fingerprint density at radius 3 is 1.00 bits per heavy atom. The van der Waals surface area contributed by atoms with Crippen LogP contribution in [0.15, 0.2) is 89.9 Å². The molecule has 34 heavy (non-hydrogen) atoms. The highest BCUT2D eigenvalue weighted by atomic mass is 16.3. The number of benzene rings is 3. The van der Waals surface area contributed by atoms with Crippen molar-refractivity contribution in [2.45, 2.75) is 0 Å². The highest BCUT2D eigenvalue weighted by Crippen LogP contribution is 2.29. The molecule has 0 saturated carbocycles. The van der Waals surface area contributed by atoms with E-state index < -0.39 is 0 Å². The maximum absolute atomic E-state index is 10.2. The third-order valence-corrected chi connectivity index (χ3v) is 4.94. The fourth-order valence-electron chi connectivity index (χ4n) is 3.27. The zero-order valence-electron chi connectivity index (χ0n) is 18.2. The van der Waals surface area contributed by atoms with E-state index in [1.165, 1.54) is 23.1 Å². The zero-order chi connectivity index (χ0) is 24.5. The molecule has 0 fully saturated rings. The van der Waals surface area contributed by atoms with Crippen LogP contribution in [-0.2, 0) is 0 Å². The molecular weight excluding hydrogens is 428 g/mol. The fourth-order valence-corrected chi connectivity index (χ4v) is 3.27. The molecule has 0 aliphatic carbocycles. The SMILES string of the molecule is N=C/C(=C\c1ccccc1O)N(/C(C=N)=C/c1ccccc1O)/C(C=N)=C/c1ccccc1O. The van der Waals surface area contributed by atoms with Crippen LogP contribution >= 0.6 is 0 Å². The van der Waals surface area contributed by atoms with Crippen LogP contribution in [0.5, 0.6) is 17.2 Å². The van der Waals surface area contributed by atoms with E-state index in [0.717, 1.165) is 18.6 Å². The van der Waals surface area contributed by atoms with E-state index in [2.05, 4.69) is 0 Å². The zero-order valence-corrected chi connectivity index (χ0v) is 18.2. The molecule has 0 bridgehead atoms. The summed E-state index contributed by atoms with van der Waals surface area (Å²) in [5.41, 5.74) is 2.00. The van der Waals surface area contributed by atoms with Gasteiger partial charge in [0.1, 0.15) is 17.2 Å². The van der Waals surface area contributed by atoms with Gasteiger partial charge in [-0.25, -0.2) is 0 Å². The maximum atomic E-state index is 10.2. The molecule has 0 saturated heterocycles. The lowest BCUT2D eigenvalue weighted by atomic mass is 10.1. The van der Waals surface area contributed by atoms with E-state index in [1.807, 2.05) is 0 Å². The molecule has 6 N–H and O–H groups in total. The second kappa shape index (κ2) is 11.1. The summed E-state index contributed by atoms with van der Waals surface area (Å²) < 4.78 is 0. The number of hydrogen-bond acceptors (Lipinski definition) is 7. The molecule has 7 nitrogen and oxygen atoms in total. The Morgan fingerprint density at radius 2 is 0.765 bits per heavy atom. The van der Waals surface area contributed by atoms with E-state index in [-0.39, 0.29) is 34.3 Å². The van der Waals surface area contributed by atoms with Gasteiger partial charge in [-0.1, -0.05) is 54.6 Å². The monoisotopic (exact) mass is 452 g/mol. The number of phenolic OH excluding ortho intramolecular Hbond substituents is 3. The van der Waals surface area contributed by atoms with Crippen LogP contribution in [0.1, 0.15) is 16.7 Å². The first-order chi connectivity index (χ1) is 16.5. The molecular formula is C27H24N4O3. The molecule has 0 aliphatic heterocycles. The quantitative estimate of drug-likeness (QED) is 0.240. The third-order valence-electron chi connectivity index (χ3n) is 4.94. The van der Waals surface area contributed by atoms with Crippen molar-refractivity contribution in [3.05, 3.63) is 107 Å². The van der Waals surface area contributed by atoms with Gasteiger partial charge in [0.2, 0.25) is 0 Å². The molecule has 0 radical (unpaired) electrons. The topological polar surface area (TPSA) is 135 Å². The summed E-state index contributed by atoms with van der Waals surface area (Å²) in [5, 5.41) is 55.0. The normalized spacial score (nSPS) is 12.2. The van der Waals surface area contributed by atoms with Crippen molar-refractivity contribution in [2.24, 2.45) is 0 Å². The Morgan fingerprint density at radius 1 is 0.500 bits per heavy atom. The second-order valence-electron chi connectivity index (χ2n) is 7.15. The Bertz CT molecular complexity index is 1150. The van der Waals surface area contributed by atoms with Crippen molar-refractivity contribution >= 4 is 36.9 Å². The predicted molar refractivity (Wildman–Crippen MR) is 136 cm³/mol. The molecule has 7 heteroatoms. The van der Waals surface area contributed by atoms with Gasteiger partial charge >= 0.3 is 0 Å². The molecule has 3 rings (SSSR count). The summed E-state index contributed by atoms with van der Waals surface area (Å²) in [4.78, 5) is 1.46. The largest absolute Gasteiger partial charge is 0.507 e. The van der Waals surface area contributed by atoms with E-state index in [1.54, 1.807) is 72.8 Å². The maximum Gasteiger partial charge on any atom is 0.122 e. The number of para-hydroxylation sites is 3. The Kier molecular flexibility index (Phi) is 7.75. The Labute approximate surface area is 197 Å². The Balaban J connectivity index is 2.27. The first-order valence-corrected chi connectivity index (χ1v) is 10.3. The molecule has 0 aliphatic rings. The first kappa shape index (κ1) is 23.7. The first-order valence-electron chi connectivity index (χ1n) is 10.3. The minimum absolute atomic E-state index is 0.00368. The van der Waals surface area contributed by atoms with Gasteiger partial charge in [-0.3, -0.25) is 0 Å². The number of rotatable bonds is 9. The van der Waals surface area contributed by atoms with E-state index >= 15 is 0 Å². The summed E-state index contributed by atoms with van der Waals surface area (Å²) in [5.74, 6) is 0.0110. The van der Waals surface area contributed by atoms with Crippen molar-refractivity contribution in [2.75, 3.05) is 0 Å². The minimum atomic E-state index is 0.00368. The van der Waals surface area contributed by atoms with Gasteiger partial charge in [0, 0.05) is 35.3 Å². The minimum Gasteiger partial charge on any atom is -0.507 e. The average molecular weight is 453 g/mol. The van der Waals surface area contributed by atoms with Gasteiger partial charge in [0.05, 0.1) is 17.1 Å². The summed E-state index contributed by atoms with van der Waals surface area (Å²) in [7, 11) is 0. The molecule has 0 heterocycles. The van der Waals surface area contributed by atoms with Gasteiger partial charge in [0.15, 0.2) is 0 Å². The van der Waals surface area contributed by atoms with Crippen LogP contribution in [0, 0.1) is 16.2 Å². The van der Waals surface area contributed by atoms with Gasteiger partial charge in [0.25, 0.3) is 0 Å². The summed E-state index contributed by atoms with van der Waals surface area (Å²) in [6, 6.07) is 19.8. The molecule has 170 valence electrons. The van der Waals surface area contributed by atoms with Crippen LogP contribution in [-0.4, -0.2) is 38.9 Å². The van der Waals surface area contributed by atoms with Crippen molar-refractivity contribution in [1.29, 1.82) is 16.2 Å². The lowest BCUT2D eigenvalue weighted by Crippen LogP contribution is -2.24. The van der Waals surface area contributed by atoms with Gasteiger partial charge in [-0.05, 0) is 36.4 Å². The van der Waals surface area contributed by atoms with Crippen LogP contribution < -0.4 is 0 Å². The van der Waals surface area contributed by atoms with Crippen molar-refractivity contribution in [3.8, 4) is 17.2 Å². The van der Waals surface area contributed by atoms with E-state index in [4.69, 9.17) is 16.2 Å². The number of hydrogen-bond donors (Lipinski definition) is 6. The summed E-state index contributed by atoms with van der Waals surface area (Å²) >= 11 is 0. The molecule has 3 aromatic carbocycles. The lowest BCUT2D eigenvalue weighted by molar-refractivity contribution is 0.473. The predicted octanol–water partition coefficient (Wildman–Crippen LogP) is 5.48. The van der Waals surface area contributed by atoms with Crippen molar-refractivity contribution in [3.63, 3.8) is 0 Å². The molecule has 0 aromatic heterocycles. The molecule has 0 atom stereocenters. The summed E-state index contributed by atoms with van der Waals surface area (Å²) in [6.45, 7) is 0. The number of nitrogens with one attached hydrogen (secondary N) is 3. The van der Waals surface area contributed by atoms with Crippen LogP contribution in [0.2, 0.25) is 0 Å². The highest BCUT2D eigenvalue weighted by Gasteiger charge is 2.18. The molecule has 0 spiro atoms. The molecule has 0 unspecified atom stereocenters. The van der Waals surface area contributed by atoms with Gasteiger partial charge < -0.3 is 36.4 Å². The van der Waals surface area contributed by atoms with E-state index in [0.29, 0.717) is 16.7 Å². The van der Waals surface area contributed by atoms with Crippen LogP contribution in [0.4, 0.5) is 0 Å². The van der Waals surface area contributed by atoms with E-state index in [9.17, 15) is 15.3 Å². The van der Waals surface area contributed by atoms with Gasteiger partial charge in [-0.15, -0.1) is 0 Å². The van der Waals surface area contributed by atoms with Crippen LogP contribution in [0.25, 0.3) is 18.2 Å². The fraction of sp³-hybridized carbons (Fsp3) is 0. The number of allylic oxidation sites excluding steroid dienone is 3. The number of nitrogens with zero attached hydrogens (tertiary/aromatic N) is 1. The highest BCUT2D eigenvalue weighted by molar-refractivity contribution is 5.96. The van der Waals surface area contributed by atoms with Crippen LogP contribution in [0.3, 0.4) is 0 Å². The van der Waals surface area contributed by atoms with Crippen molar-refractivity contribution in [1.82, 2.24) is 4.90 Å². The van der Waals surface area contributed by atoms with Gasteiger partial charge in [-0.2, -0.15) is 0 Å². The smallest absolute Gasteiger partial charge is 0.122 e. The third kappa shape index (κ3) is 5.46. The standard InChI is InChI=1S/C27H24N4O3/c28-16-22(13-19-7-1-4-10-25(19)32)31(23(17-29)14-20-8-2-5-11-26(20)33)24(18-30)15-21-9-3-6-12-27(21)34/h1-18,28-30,32-34H/b22-13+,23-14+,24-15+,28-16?,29-17?,30-18?.